The number of benzene rings is 1. The first-order valence-electron chi connectivity index (χ1n) is 8.06. The van der Waals surface area contributed by atoms with Crippen LogP contribution in [0.15, 0.2) is 27.6 Å². The van der Waals surface area contributed by atoms with Gasteiger partial charge in [0.15, 0.2) is 5.82 Å². The number of halogens is 1. The van der Waals surface area contributed by atoms with Gasteiger partial charge < -0.3 is 14.6 Å². The standard InChI is InChI=1S/C17H24N4O4S.ClH/c1-12(18-2)10-16-19-17(25-20-16)9-7-13-6-8-14(24-5)15(11-13)26(22,23)21(3)4;/h6-9,11-12,18H,10H2,1-5H3;1H/b9-7+;. The lowest BCUT2D eigenvalue weighted by Crippen LogP contribution is -2.24. The number of ether oxygens (including phenoxy) is 1. The van der Waals surface area contributed by atoms with Crippen molar-refractivity contribution in [2.24, 2.45) is 0 Å². The summed E-state index contributed by atoms with van der Waals surface area (Å²) in [5, 5.41) is 7.03. The highest BCUT2D eigenvalue weighted by molar-refractivity contribution is 7.89. The molecule has 1 unspecified atom stereocenters. The average Bonchev–Trinajstić information content (AvgIpc) is 3.06. The summed E-state index contributed by atoms with van der Waals surface area (Å²) in [5.41, 5.74) is 0.676. The fourth-order valence-corrected chi connectivity index (χ4v) is 3.24. The Bertz CT molecular complexity index is 881. The Morgan fingerprint density at radius 2 is 2.04 bits per heavy atom. The van der Waals surface area contributed by atoms with Crippen LogP contribution in [0.2, 0.25) is 0 Å². The third kappa shape index (κ3) is 5.77. The molecule has 0 aliphatic rings. The van der Waals surface area contributed by atoms with Gasteiger partial charge in [0.25, 0.3) is 5.89 Å². The maximum atomic E-state index is 12.4. The Morgan fingerprint density at radius 3 is 2.63 bits per heavy atom. The molecule has 1 N–H and O–H groups in total. The SMILES string of the molecule is CNC(C)Cc1noc(/C=C/c2ccc(OC)c(S(=O)(=O)N(C)C)c2)n1.Cl. The minimum atomic E-state index is -3.62. The predicted molar refractivity (Wildman–Crippen MR) is 107 cm³/mol. The minimum Gasteiger partial charge on any atom is -0.495 e. The number of sulfonamides is 1. The summed E-state index contributed by atoms with van der Waals surface area (Å²) in [6.45, 7) is 2.02. The molecule has 150 valence electrons. The van der Waals surface area contributed by atoms with Crippen LogP contribution >= 0.6 is 12.4 Å². The molecular formula is C17H25ClN4O4S. The molecule has 0 fully saturated rings. The molecule has 0 aliphatic carbocycles. The number of hydrogen-bond donors (Lipinski definition) is 1. The predicted octanol–water partition coefficient (Wildman–Crippen LogP) is 2.07. The third-order valence-corrected chi connectivity index (χ3v) is 5.67. The summed E-state index contributed by atoms with van der Waals surface area (Å²) in [6, 6.07) is 5.16. The van der Waals surface area contributed by atoms with Gasteiger partial charge in [-0.3, -0.25) is 0 Å². The number of rotatable bonds is 8. The van der Waals surface area contributed by atoms with E-state index in [0.29, 0.717) is 23.7 Å². The molecule has 0 radical (unpaired) electrons. The average molecular weight is 417 g/mol. The second-order valence-corrected chi connectivity index (χ2v) is 8.09. The molecule has 0 spiro atoms. The summed E-state index contributed by atoms with van der Waals surface area (Å²) in [5.74, 6) is 1.25. The van der Waals surface area contributed by atoms with Crippen LogP contribution in [0.4, 0.5) is 0 Å². The molecule has 8 nitrogen and oxygen atoms in total. The van der Waals surface area contributed by atoms with Crippen molar-refractivity contribution in [1.82, 2.24) is 19.8 Å². The van der Waals surface area contributed by atoms with E-state index in [4.69, 9.17) is 9.26 Å². The Balaban J connectivity index is 0.00000364. The summed E-state index contributed by atoms with van der Waals surface area (Å²) >= 11 is 0. The van der Waals surface area contributed by atoms with Crippen LogP contribution in [0, 0.1) is 0 Å². The topological polar surface area (TPSA) is 97.6 Å². The van der Waals surface area contributed by atoms with E-state index in [-0.39, 0.29) is 29.1 Å². The fraction of sp³-hybridized carbons (Fsp3) is 0.412. The molecule has 0 amide bonds. The lowest BCUT2D eigenvalue weighted by Gasteiger charge is -2.14. The van der Waals surface area contributed by atoms with E-state index >= 15 is 0 Å². The second kappa shape index (κ2) is 9.84. The number of hydrogen-bond acceptors (Lipinski definition) is 7. The first kappa shape index (κ1) is 23.1. The van der Waals surface area contributed by atoms with Gasteiger partial charge in [0.05, 0.1) is 7.11 Å². The zero-order chi connectivity index (χ0) is 19.3. The summed E-state index contributed by atoms with van der Waals surface area (Å²) in [6.07, 6.45) is 4.02. The van der Waals surface area contributed by atoms with Gasteiger partial charge in [0, 0.05) is 32.6 Å². The Morgan fingerprint density at radius 1 is 1.33 bits per heavy atom. The van der Waals surface area contributed by atoms with Crippen LogP contribution < -0.4 is 10.1 Å². The lowest BCUT2D eigenvalue weighted by molar-refractivity contribution is 0.400. The molecule has 1 atom stereocenters. The smallest absolute Gasteiger partial charge is 0.250 e. The zero-order valence-electron chi connectivity index (χ0n) is 16.0. The van der Waals surface area contributed by atoms with Gasteiger partial charge in [-0.15, -0.1) is 12.4 Å². The van der Waals surface area contributed by atoms with Crippen molar-refractivity contribution >= 4 is 34.6 Å². The molecule has 0 saturated heterocycles. The molecule has 10 heteroatoms. The molecular weight excluding hydrogens is 392 g/mol. The molecule has 2 aromatic rings. The zero-order valence-corrected chi connectivity index (χ0v) is 17.6. The molecule has 0 aliphatic heterocycles. The van der Waals surface area contributed by atoms with Gasteiger partial charge >= 0.3 is 0 Å². The molecule has 2 rings (SSSR count). The van der Waals surface area contributed by atoms with Gasteiger partial charge in [-0.1, -0.05) is 11.2 Å². The van der Waals surface area contributed by atoms with Gasteiger partial charge in [-0.25, -0.2) is 12.7 Å². The number of nitrogens with zero attached hydrogens (tertiary/aromatic N) is 3. The largest absolute Gasteiger partial charge is 0.495 e. The van der Waals surface area contributed by atoms with Crippen LogP contribution in [0.3, 0.4) is 0 Å². The van der Waals surface area contributed by atoms with Gasteiger partial charge in [0.1, 0.15) is 10.6 Å². The molecule has 0 bridgehead atoms. The second-order valence-electron chi connectivity index (χ2n) is 5.97. The van der Waals surface area contributed by atoms with Crippen molar-refractivity contribution < 1.29 is 17.7 Å². The Hall–Kier alpha value is -1.94. The van der Waals surface area contributed by atoms with E-state index in [2.05, 4.69) is 15.5 Å². The van der Waals surface area contributed by atoms with Crippen molar-refractivity contribution in [3.8, 4) is 5.75 Å². The lowest BCUT2D eigenvalue weighted by atomic mass is 10.2. The summed E-state index contributed by atoms with van der Waals surface area (Å²) in [4.78, 5) is 4.39. The van der Waals surface area contributed by atoms with E-state index < -0.39 is 10.0 Å². The van der Waals surface area contributed by atoms with Crippen molar-refractivity contribution in [3.63, 3.8) is 0 Å². The third-order valence-electron chi connectivity index (χ3n) is 3.83. The van der Waals surface area contributed by atoms with E-state index in [1.165, 1.54) is 21.2 Å². The Kier molecular flexibility index (Phi) is 8.42. The summed E-state index contributed by atoms with van der Waals surface area (Å²) in [7, 11) is 2.64. The van der Waals surface area contributed by atoms with Crippen molar-refractivity contribution in [1.29, 1.82) is 0 Å². The first-order valence-corrected chi connectivity index (χ1v) is 9.50. The van der Waals surface area contributed by atoms with Crippen LogP contribution in [-0.2, 0) is 16.4 Å². The highest BCUT2D eigenvalue weighted by Crippen LogP contribution is 2.27. The van der Waals surface area contributed by atoms with E-state index in [1.807, 2.05) is 14.0 Å². The monoisotopic (exact) mass is 416 g/mol. The maximum absolute atomic E-state index is 12.4. The van der Waals surface area contributed by atoms with Crippen molar-refractivity contribution in [2.45, 2.75) is 24.3 Å². The van der Waals surface area contributed by atoms with Gasteiger partial charge in [-0.2, -0.15) is 4.98 Å². The molecule has 1 aromatic heterocycles. The molecule has 0 saturated carbocycles. The van der Waals surface area contributed by atoms with E-state index in [1.54, 1.807) is 30.4 Å². The van der Waals surface area contributed by atoms with E-state index in [9.17, 15) is 8.42 Å². The fourth-order valence-electron chi connectivity index (χ4n) is 2.16. The van der Waals surface area contributed by atoms with E-state index in [0.717, 1.165) is 4.31 Å². The highest BCUT2D eigenvalue weighted by Gasteiger charge is 2.22. The van der Waals surface area contributed by atoms with Crippen LogP contribution in [0.5, 0.6) is 5.75 Å². The Labute approximate surface area is 166 Å². The molecule has 1 heterocycles. The number of likely N-dealkylation sites (N-methyl/N-ethyl adjacent to an activating group) is 1. The number of aromatic nitrogens is 2. The number of nitrogens with one attached hydrogen (secondary N) is 1. The van der Waals surface area contributed by atoms with Crippen LogP contribution in [0.1, 0.15) is 24.2 Å². The number of methoxy groups -OCH3 is 1. The minimum absolute atomic E-state index is 0. The normalized spacial score (nSPS) is 13.0. The summed E-state index contributed by atoms with van der Waals surface area (Å²) < 4.78 is 36.4. The maximum Gasteiger partial charge on any atom is 0.250 e. The van der Waals surface area contributed by atoms with Crippen molar-refractivity contribution in [2.75, 3.05) is 28.3 Å². The van der Waals surface area contributed by atoms with Crippen LogP contribution in [-0.4, -0.2) is 57.2 Å². The molecule has 1 aromatic carbocycles. The van der Waals surface area contributed by atoms with Crippen molar-refractivity contribution in [3.05, 3.63) is 35.5 Å². The van der Waals surface area contributed by atoms with Crippen LogP contribution in [0.25, 0.3) is 12.2 Å². The molecule has 27 heavy (non-hydrogen) atoms. The highest BCUT2D eigenvalue weighted by atomic mass is 35.5. The van der Waals surface area contributed by atoms with Gasteiger partial charge in [0.2, 0.25) is 10.0 Å². The van der Waals surface area contributed by atoms with Gasteiger partial charge in [-0.05, 0) is 37.7 Å². The first-order chi connectivity index (χ1) is 12.3. The quantitative estimate of drug-likeness (QED) is 0.703.